The number of hydrogen-bond acceptors (Lipinski definition) is 5. The SMILES string of the molecule is CCCCCCCCCCCCCCCCO[C@@H]1OC(CO)[C@@H](O)C(O)C1C. The Balaban J connectivity index is 1.90. The van der Waals surface area contributed by atoms with Crippen molar-refractivity contribution in [1.29, 1.82) is 0 Å². The van der Waals surface area contributed by atoms with E-state index in [9.17, 15) is 15.3 Å². The molecule has 28 heavy (non-hydrogen) atoms. The largest absolute Gasteiger partial charge is 0.394 e. The lowest BCUT2D eigenvalue weighted by atomic mass is 9.92. The second-order valence-corrected chi connectivity index (χ2v) is 8.53. The molecule has 1 heterocycles. The monoisotopic (exact) mass is 402 g/mol. The van der Waals surface area contributed by atoms with Gasteiger partial charge in [-0.25, -0.2) is 0 Å². The van der Waals surface area contributed by atoms with Gasteiger partial charge < -0.3 is 24.8 Å². The van der Waals surface area contributed by atoms with Crippen molar-refractivity contribution in [3.8, 4) is 0 Å². The summed E-state index contributed by atoms with van der Waals surface area (Å²) in [6, 6.07) is 0. The molecule has 1 rings (SSSR count). The van der Waals surface area contributed by atoms with E-state index in [1.54, 1.807) is 6.92 Å². The van der Waals surface area contributed by atoms with Crippen LogP contribution in [0.1, 0.15) is 104 Å². The highest BCUT2D eigenvalue weighted by Crippen LogP contribution is 2.26. The third kappa shape index (κ3) is 10.5. The Bertz CT molecular complexity index is 350. The summed E-state index contributed by atoms with van der Waals surface area (Å²) < 4.78 is 11.3. The topological polar surface area (TPSA) is 79.2 Å². The van der Waals surface area contributed by atoms with Crippen LogP contribution in [0.5, 0.6) is 0 Å². The molecular formula is C23H46O5. The molecule has 3 N–H and O–H groups in total. The highest BCUT2D eigenvalue weighted by molar-refractivity contribution is 4.86. The Kier molecular flexibility index (Phi) is 15.3. The number of ether oxygens (including phenoxy) is 2. The van der Waals surface area contributed by atoms with Gasteiger partial charge in [0, 0.05) is 12.5 Å². The Morgan fingerprint density at radius 1 is 0.714 bits per heavy atom. The molecule has 1 fully saturated rings. The van der Waals surface area contributed by atoms with Crippen LogP contribution in [0.15, 0.2) is 0 Å². The first kappa shape index (κ1) is 25.8. The highest BCUT2D eigenvalue weighted by Gasteiger charge is 2.42. The lowest BCUT2D eigenvalue weighted by Gasteiger charge is -2.40. The van der Waals surface area contributed by atoms with Gasteiger partial charge in [0.05, 0.1) is 12.7 Å². The summed E-state index contributed by atoms with van der Waals surface area (Å²) in [6.07, 6.45) is 15.2. The van der Waals surface area contributed by atoms with Crippen LogP contribution < -0.4 is 0 Å². The molecule has 0 aromatic carbocycles. The molecule has 0 radical (unpaired) electrons. The van der Waals surface area contributed by atoms with Crippen molar-refractivity contribution in [2.45, 2.75) is 128 Å². The maximum absolute atomic E-state index is 10.0. The van der Waals surface area contributed by atoms with E-state index in [-0.39, 0.29) is 12.5 Å². The van der Waals surface area contributed by atoms with E-state index in [1.165, 1.54) is 77.0 Å². The van der Waals surface area contributed by atoms with Crippen LogP contribution in [0, 0.1) is 5.92 Å². The molecule has 0 amide bonds. The number of aliphatic hydroxyl groups is 3. The molecule has 168 valence electrons. The number of hydrogen-bond donors (Lipinski definition) is 3. The van der Waals surface area contributed by atoms with Gasteiger partial charge >= 0.3 is 0 Å². The van der Waals surface area contributed by atoms with Gasteiger partial charge in [-0.2, -0.15) is 0 Å². The Morgan fingerprint density at radius 3 is 1.64 bits per heavy atom. The van der Waals surface area contributed by atoms with Crippen molar-refractivity contribution in [2.75, 3.05) is 13.2 Å². The fourth-order valence-corrected chi connectivity index (χ4v) is 3.91. The van der Waals surface area contributed by atoms with E-state index in [2.05, 4.69) is 6.92 Å². The third-order valence-electron chi connectivity index (χ3n) is 5.97. The minimum atomic E-state index is -1.05. The second kappa shape index (κ2) is 16.6. The summed E-state index contributed by atoms with van der Waals surface area (Å²) in [5.74, 6) is -0.301. The number of rotatable bonds is 17. The molecule has 1 aliphatic heterocycles. The molecular weight excluding hydrogens is 356 g/mol. The Morgan fingerprint density at radius 2 is 1.18 bits per heavy atom. The zero-order chi connectivity index (χ0) is 20.6. The average molecular weight is 403 g/mol. The predicted molar refractivity (Wildman–Crippen MR) is 113 cm³/mol. The van der Waals surface area contributed by atoms with Gasteiger partial charge in [-0.3, -0.25) is 0 Å². The molecule has 0 spiro atoms. The van der Waals surface area contributed by atoms with Gasteiger partial charge in [-0.05, 0) is 6.42 Å². The third-order valence-corrected chi connectivity index (χ3v) is 5.97. The van der Waals surface area contributed by atoms with E-state index in [0.29, 0.717) is 6.61 Å². The first-order valence-electron chi connectivity index (χ1n) is 11.9. The smallest absolute Gasteiger partial charge is 0.163 e. The zero-order valence-electron chi connectivity index (χ0n) is 18.4. The van der Waals surface area contributed by atoms with Crippen LogP contribution in [0.4, 0.5) is 0 Å². The van der Waals surface area contributed by atoms with Crippen LogP contribution >= 0.6 is 0 Å². The van der Waals surface area contributed by atoms with E-state index in [4.69, 9.17) is 9.47 Å². The maximum Gasteiger partial charge on any atom is 0.163 e. The molecule has 0 aromatic rings. The molecule has 5 atom stereocenters. The predicted octanol–water partition coefficient (Wildman–Crippen LogP) is 4.56. The van der Waals surface area contributed by atoms with Crippen LogP contribution in [0.25, 0.3) is 0 Å². The fraction of sp³-hybridized carbons (Fsp3) is 1.00. The maximum atomic E-state index is 10.0. The molecule has 5 nitrogen and oxygen atoms in total. The summed E-state index contributed by atoms with van der Waals surface area (Å²) in [6.45, 7) is 4.35. The van der Waals surface area contributed by atoms with Gasteiger partial charge in [0.25, 0.3) is 0 Å². The summed E-state index contributed by atoms with van der Waals surface area (Å²) >= 11 is 0. The first-order valence-corrected chi connectivity index (χ1v) is 11.9. The Hall–Kier alpha value is -0.200. The van der Waals surface area contributed by atoms with Gasteiger partial charge in [0.1, 0.15) is 12.2 Å². The zero-order valence-corrected chi connectivity index (χ0v) is 18.4. The van der Waals surface area contributed by atoms with Crippen molar-refractivity contribution in [2.24, 2.45) is 5.92 Å². The molecule has 0 bridgehead atoms. The minimum Gasteiger partial charge on any atom is -0.394 e. The summed E-state index contributed by atoms with van der Waals surface area (Å²) in [5, 5.41) is 29.1. The number of aliphatic hydroxyl groups excluding tert-OH is 3. The highest BCUT2D eigenvalue weighted by atomic mass is 16.7. The quantitative estimate of drug-likeness (QED) is 0.311. The van der Waals surface area contributed by atoms with E-state index in [0.717, 1.165) is 12.8 Å². The average Bonchev–Trinajstić information content (AvgIpc) is 2.70. The van der Waals surface area contributed by atoms with Crippen molar-refractivity contribution >= 4 is 0 Å². The van der Waals surface area contributed by atoms with E-state index in [1.807, 2.05) is 0 Å². The lowest BCUT2D eigenvalue weighted by Crippen LogP contribution is -2.55. The molecule has 1 aliphatic rings. The van der Waals surface area contributed by atoms with E-state index >= 15 is 0 Å². The first-order chi connectivity index (χ1) is 13.6. The van der Waals surface area contributed by atoms with Crippen molar-refractivity contribution < 1.29 is 24.8 Å². The van der Waals surface area contributed by atoms with Crippen molar-refractivity contribution in [3.05, 3.63) is 0 Å². The van der Waals surface area contributed by atoms with Gasteiger partial charge in [-0.15, -0.1) is 0 Å². The van der Waals surface area contributed by atoms with Gasteiger partial charge in [-0.1, -0.05) is 97.3 Å². The van der Waals surface area contributed by atoms with Crippen molar-refractivity contribution in [1.82, 2.24) is 0 Å². The molecule has 0 aromatic heterocycles. The lowest BCUT2D eigenvalue weighted by molar-refractivity contribution is -0.282. The molecule has 3 unspecified atom stereocenters. The summed E-state index contributed by atoms with van der Waals surface area (Å²) in [4.78, 5) is 0. The normalized spacial score (nSPS) is 28.0. The van der Waals surface area contributed by atoms with Gasteiger partial charge in [0.15, 0.2) is 6.29 Å². The second-order valence-electron chi connectivity index (χ2n) is 8.53. The van der Waals surface area contributed by atoms with Crippen LogP contribution in [0.2, 0.25) is 0 Å². The molecule has 0 saturated carbocycles. The van der Waals surface area contributed by atoms with Crippen LogP contribution in [-0.4, -0.2) is 53.1 Å². The standard InChI is InChI=1S/C23H46O5/c1-3-4-5-6-7-8-9-10-11-12-13-14-15-16-17-27-23-19(2)21(25)22(26)20(18-24)28-23/h19-26H,3-18H2,1-2H3/t19?,20?,21?,22-,23-/m1/s1. The fourth-order valence-electron chi connectivity index (χ4n) is 3.91. The summed E-state index contributed by atoms with van der Waals surface area (Å²) in [5.41, 5.74) is 0. The van der Waals surface area contributed by atoms with E-state index < -0.39 is 24.6 Å². The van der Waals surface area contributed by atoms with Crippen LogP contribution in [-0.2, 0) is 9.47 Å². The molecule has 5 heteroatoms. The molecule has 1 saturated heterocycles. The number of unbranched alkanes of at least 4 members (excludes halogenated alkanes) is 13. The Labute approximate surface area is 172 Å². The molecule has 0 aliphatic carbocycles. The van der Waals surface area contributed by atoms with Crippen molar-refractivity contribution in [3.63, 3.8) is 0 Å². The summed E-state index contributed by atoms with van der Waals surface area (Å²) in [7, 11) is 0. The van der Waals surface area contributed by atoms with Crippen LogP contribution in [0.3, 0.4) is 0 Å². The minimum absolute atomic E-state index is 0.301. The van der Waals surface area contributed by atoms with Gasteiger partial charge in [0.2, 0.25) is 0 Å².